The maximum Gasteiger partial charge on any atom is 0.258 e. The van der Waals surface area contributed by atoms with Gasteiger partial charge in [0.1, 0.15) is 12.0 Å². The largest absolute Gasteiger partial charge is 0.477 e. The lowest BCUT2D eigenvalue weighted by Gasteiger charge is -2.25. The summed E-state index contributed by atoms with van der Waals surface area (Å²) in [4.78, 5) is 26.2. The second-order valence-corrected chi connectivity index (χ2v) is 9.87. The molecule has 2 fully saturated rings. The number of carbonyl (C=O) groups is 1. The molecule has 1 atom stereocenters. The molecule has 1 aromatic heterocycles. The van der Waals surface area contributed by atoms with Gasteiger partial charge in [-0.25, -0.2) is 8.42 Å². The van der Waals surface area contributed by atoms with E-state index >= 15 is 0 Å². The van der Waals surface area contributed by atoms with Crippen LogP contribution in [0, 0.1) is 0 Å². The summed E-state index contributed by atoms with van der Waals surface area (Å²) in [7, 11) is -3.06. The first-order valence-electron chi connectivity index (χ1n) is 8.46. The van der Waals surface area contributed by atoms with Gasteiger partial charge in [-0.1, -0.05) is 0 Å². The molecule has 0 bridgehead atoms. The Morgan fingerprint density at radius 2 is 2.15 bits per heavy atom. The van der Waals surface area contributed by atoms with Crippen LogP contribution in [0.4, 0.5) is 0 Å². The van der Waals surface area contributed by atoms with Crippen molar-refractivity contribution in [3.63, 3.8) is 0 Å². The summed E-state index contributed by atoms with van der Waals surface area (Å²) in [6, 6.07) is 0.996. The first-order chi connectivity index (χ1) is 12.4. The number of rotatable bonds is 6. The molecule has 3 rings (SSSR count). The second kappa shape index (κ2) is 8.45. The lowest BCUT2D eigenvalue weighted by molar-refractivity contribution is -0.123. The van der Waals surface area contributed by atoms with Gasteiger partial charge >= 0.3 is 0 Å². The van der Waals surface area contributed by atoms with Gasteiger partial charge in [0, 0.05) is 36.7 Å². The van der Waals surface area contributed by atoms with Gasteiger partial charge in [0.15, 0.2) is 16.4 Å². The third-order valence-electron chi connectivity index (χ3n) is 4.29. The third-order valence-corrected chi connectivity index (χ3v) is 7.00. The monoisotopic (exact) mass is 402 g/mol. The van der Waals surface area contributed by atoms with Gasteiger partial charge in [-0.15, -0.1) is 0 Å². The molecule has 1 aromatic rings. The number of hydrogen-bond donors (Lipinski definition) is 1. The molecule has 10 heteroatoms. The Morgan fingerprint density at radius 3 is 2.81 bits per heavy atom. The molecule has 0 spiro atoms. The Labute approximate surface area is 156 Å². The van der Waals surface area contributed by atoms with E-state index in [0.29, 0.717) is 18.7 Å². The molecule has 2 aliphatic rings. The Hall–Kier alpha value is -1.52. The minimum atomic E-state index is -3.06. The molecule has 3 heterocycles. The Bertz CT molecular complexity index is 801. The van der Waals surface area contributed by atoms with E-state index in [2.05, 4.69) is 10.2 Å². The quantitative estimate of drug-likeness (QED) is 0.702. The van der Waals surface area contributed by atoms with Gasteiger partial charge in [-0.3, -0.25) is 14.5 Å². The highest BCUT2D eigenvalue weighted by atomic mass is 32.2. The van der Waals surface area contributed by atoms with Crippen molar-refractivity contribution in [2.24, 2.45) is 0 Å². The van der Waals surface area contributed by atoms with Crippen molar-refractivity contribution in [1.29, 1.82) is 0 Å². The van der Waals surface area contributed by atoms with Crippen molar-refractivity contribution in [1.82, 2.24) is 10.2 Å². The fourth-order valence-electron chi connectivity index (χ4n) is 2.93. The minimum Gasteiger partial charge on any atom is -0.477 e. The van der Waals surface area contributed by atoms with E-state index in [-0.39, 0.29) is 29.3 Å². The van der Waals surface area contributed by atoms with Gasteiger partial charge < -0.3 is 14.5 Å². The summed E-state index contributed by atoms with van der Waals surface area (Å²) in [5.74, 6) is 2.25. The summed E-state index contributed by atoms with van der Waals surface area (Å²) in [5.41, 5.74) is -0.339. The van der Waals surface area contributed by atoms with Crippen molar-refractivity contribution in [2.75, 3.05) is 42.7 Å². The predicted molar refractivity (Wildman–Crippen MR) is 98.3 cm³/mol. The highest BCUT2D eigenvalue weighted by Gasteiger charge is 2.29. The predicted octanol–water partition coefficient (Wildman–Crippen LogP) is -0.129. The normalized spacial score (nSPS) is 22.8. The summed E-state index contributed by atoms with van der Waals surface area (Å²) in [6.07, 6.45) is 1.63. The zero-order chi connectivity index (χ0) is 18.6. The zero-order valence-corrected chi connectivity index (χ0v) is 15.9. The van der Waals surface area contributed by atoms with E-state index in [1.807, 2.05) is 11.8 Å². The average Bonchev–Trinajstić information content (AvgIpc) is 2.93. The van der Waals surface area contributed by atoms with Crippen molar-refractivity contribution in [3.8, 4) is 5.75 Å². The molecule has 1 N–H and O–H groups in total. The number of nitrogens with zero attached hydrogens (tertiary/aromatic N) is 1. The van der Waals surface area contributed by atoms with E-state index < -0.39 is 21.8 Å². The average molecular weight is 402 g/mol. The van der Waals surface area contributed by atoms with Gasteiger partial charge in [-0.05, 0) is 6.42 Å². The van der Waals surface area contributed by atoms with Crippen LogP contribution < -0.4 is 15.5 Å². The maximum absolute atomic E-state index is 12.1. The Kier molecular flexibility index (Phi) is 6.25. The second-order valence-electron chi connectivity index (χ2n) is 6.42. The van der Waals surface area contributed by atoms with E-state index in [1.54, 1.807) is 0 Å². The SMILES string of the molecule is O=C(COc1coc(CN2CCSCC2)cc1=O)N[C@H]1CCS(=O)(=O)C1. The molecule has 0 aliphatic carbocycles. The molecular formula is C16H22N2O6S2. The molecule has 26 heavy (non-hydrogen) atoms. The molecule has 144 valence electrons. The van der Waals surface area contributed by atoms with Gasteiger partial charge in [-0.2, -0.15) is 11.8 Å². The van der Waals surface area contributed by atoms with Gasteiger partial charge in [0.2, 0.25) is 11.2 Å². The molecule has 1 amide bonds. The zero-order valence-electron chi connectivity index (χ0n) is 14.3. The highest BCUT2D eigenvalue weighted by molar-refractivity contribution is 7.99. The van der Waals surface area contributed by atoms with Crippen LogP contribution in [0.25, 0.3) is 0 Å². The van der Waals surface area contributed by atoms with Crippen molar-refractivity contribution >= 4 is 27.5 Å². The number of nitrogens with one attached hydrogen (secondary N) is 1. The van der Waals surface area contributed by atoms with E-state index in [0.717, 1.165) is 24.6 Å². The van der Waals surface area contributed by atoms with Gasteiger partial charge in [0.25, 0.3) is 5.91 Å². The van der Waals surface area contributed by atoms with Crippen LogP contribution in [0.5, 0.6) is 5.75 Å². The number of hydrogen-bond acceptors (Lipinski definition) is 8. The fourth-order valence-corrected chi connectivity index (χ4v) is 5.58. The topological polar surface area (TPSA) is 106 Å². The van der Waals surface area contributed by atoms with Crippen LogP contribution in [0.1, 0.15) is 12.2 Å². The molecule has 8 nitrogen and oxygen atoms in total. The third kappa shape index (κ3) is 5.49. The summed E-state index contributed by atoms with van der Waals surface area (Å²) >= 11 is 1.91. The fraction of sp³-hybridized carbons (Fsp3) is 0.625. The lowest BCUT2D eigenvalue weighted by Crippen LogP contribution is -2.38. The Balaban J connectivity index is 1.48. The van der Waals surface area contributed by atoms with Crippen molar-refractivity contribution in [3.05, 3.63) is 28.3 Å². The first-order valence-corrected chi connectivity index (χ1v) is 11.4. The van der Waals surface area contributed by atoms with Crippen LogP contribution in [0.2, 0.25) is 0 Å². The molecule has 0 unspecified atom stereocenters. The van der Waals surface area contributed by atoms with Gasteiger partial charge in [0.05, 0.1) is 18.1 Å². The van der Waals surface area contributed by atoms with E-state index in [9.17, 15) is 18.0 Å². The number of amides is 1. The molecule has 2 aliphatic heterocycles. The standard InChI is InChI=1S/C16H22N2O6S2/c19-14-7-13(8-18-2-4-25-5-3-18)23-9-15(14)24-10-16(20)17-12-1-6-26(21,22)11-12/h7,9,12H,1-6,8,10-11H2,(H,17,20)/t12-/m0/s1. The van der Waals surface area contributed by atoms with Crippen molar-refractivity contribution < 1.29 is 22.4 Å². The summed E-state index contributed by atoms with van der Waals surface area (Å²) in [5, 5.41) is 2.61. The molecule has 0 aromatic carbocycles. The minimum absolute atomic E-state index is 0.0304. The van der Waals surface area contributed by atoms with Crippen LogP contribution in [-0.4, -0.2) is 68.0 Å². The number of ether oxygens (including phenoxy) is 1. The van der Waals surface area contributed by atoms with Crippen LogP contribution in [0.3, 0.4) is 0 Å². The smallest absolute Gasteiger partial charge is 0.258 e. The summed E-state index contributed by atoms with van der Waals surface area (Å²) in [6.45, 7) is 2.14. The molecule has 0 saturated carbocycles. The van der Waals surface area contributed by atoms with Crippen LogP contribution in [0.15, 0.2) is 21.5 Å². The van der Waals surface area contributed by atoms with E-state index in [1.165, 1.54) is 12.3 Å². The number of carbonyl (C=O) groups excluding carboxylic acids is 1. The first kappa shape index (κ1) is 19.2. The lowest BCUT2D eigenvalue weighted by atomic mass is 10.2. The summed E-state index contributed by atoms with van der Waals surface area (Å²) < 4.78 is 33.4. The van der Waals surface area contributed by atoms with Crippen LogP contribution in [-0.2, 0) is 21.2 Å². The van der Waals surface area contributed by atoms with E-state index in [4.69, 9.17) is 9.15 Å². The molecular weight excluding hydrogens is 380 g/mol. The maximum atomic E-state index is 12.1. The number of thioether (sulfide) groups is 1. The highest BCUT2D eigenvalue weighted by Crippen LogP contribution is 2.14. The number of sulfone groups is 1. The van der Waals surface area contributed by atoms with Crippen molar-refractivity contribution in [2.45, 2.75) is 19.0 Å². The Morgan fingerprint density at radius 1 is 1.38 bits per heavy atom. The molecule has 0 radical (unpaired) electrons. The van der Waals surface area contributed by atoms with Crippen LogP contribution >= 0.6 is 11.8 Å². The molecule has 2 saturated heterocycles.